The van der Waals surface area contributed by atoms with Gasteiger partial charge in [-0.2, -0.15) is 0 Å². The van der Waals surface area contributed by atoms with E-state index in [1.807, 2.05) is 23.5 Å². The lowest BCUT2D eigenvalue weighted by atomic mass is 9.84. The van der Waals surface area contributed by atoms with Gasteiger partial charge in [0.05, 0.1) is 5.69 Å². The zero-order valence-corrected chi connectivity index (χ0v) is 16.9. The van der Waals surface area contributed by atoms with Crippen LogP contribution >= 0.6 is 23.5 Å². The van der Waals surface area contributed by atoms with Crippen LogP contribution in [0, 0.1) is 12.8 Å². The summed E-state index contributed by atoms with van der Waals surface area (Å²) in [4.78, 5) is 6.34. The summed E-state index contributed by atoms with van der Waals surface area (Å²) in [6.45, 7) is 2.13. The largest absolute Gasteiger partial charge is 0.242 e. The number of hydrogen-bond donors (Lipinski definition) is 0. The molecule has 0 aromatic heterocycles. The Morgan fingerprint density at radius 3 is 2.58 bits per heavy atom. The van der Waals surface area contributed by atoms with E-state index in [-0.39, 0.29) is 0 Å². The fourth-order valence-electron chi connectivity index (χ4n) is 3.72. The summed E-state index contributed by atoms with van der Waals surface area (Å²) in [5.74, 6) is 0.827. The van der Waals surface area contributed by atoms with Gasteiger partial charge in [-0.05, 0) is 67.4 Å². The van der Waals surface area contributed by atoms with E-state index in [2.05, 4.69) is 66.9 Å². The second-order valence-electron chi connectivity index (χ2n) is 7.23. The number of aliphatic imine (C=N–C) groups is 1. The Balaban J connectivity index is 1.61. The molecule has 2 atom stereocenters. The number of hydrogen-bond acceptors (Lipinski definition) is 3. The van der Waals surface area contributed by atoms with Gasteiger partial charge in [0.1, 0.15) is 5.04 Å². The lowest BCUT2D eigenvalue weighted by Crippen LogP contribution is -2.29. The molecule has 1 heterocycles. The summed E-state index contributed by atoms with van der Waals surface area (Å²) >= 11 is 3.85. The van der Waals surface area contributed by atoms with Gasteiger partial charge < -0.3 is 0 Å². The molecule has 0 radical (unpaired) electrons. The van der Waals surface area contributed by atoms with Crippen molar-refractivity contribution >= 4 is 34.3 Å². The number of aryl methyl sites for hydroxylation is 1. The van der Waals surface area contributed by atoms with Gasteiger partial charge in [0.2, 0.25) is 0 Å². The molecular weight excluding hydrogens is 354 g/mol. The van der Waals surface area contributed by atoms with Gasteiger partial charge in [-0.1, -0.05) is 60.5 Å². The highest BCUT2D eigenvalue weighted by Crippen LogP contribution is 2.45. The summed E-state index contributed by atoms with van der Waals surface area (Å²) in [5.41, 5.74) is 3.78. The third-order valence-electron chi connectivity index (χ3n) is 5.20. The summed E-state index contributed by atoms with van der Waals surface area (Å²) in [5, 5.41) is 4.34. The predicted octanol–water partition coefficient (Wildman–Crippen LogP) is 7.40. The third kappa shape index (κ3) is 4.44. The Morgan fingerprint density at radius 1 is 1.00 bits per heavy atom. The topological polar surface area (TPSA) is 12.4 Å². The molecule has 0 bridgehead atoms. The number of nitrogens with zero attached hydrogens (tertiary/aromatic N) is 1. The average Bonchev–Trinajstić information content (AvgIpc) is 2.69. The van der Waals surface area contributed by atoms with Crippen molar-refractivity contribution < 1.29 is 0 Å². The number of benzene rings is 2. The first-order chi connectivity index (χ1) is 12.8. The molecule has 1 aliphatic carbocycles. The zero-order valence-electron chi connectivity index (χ0n) is 15.2. The van der Waals surface area contributed by atoms with Crippen LogP contribution in [0.2, 0.25) is 0 Å². The van der Waals surface area contributed by atoms with Crippen LogP contribution < -0.4 is 0 Å². The molecule has 134 valence electrons. The van der Waals surface area contributed by atoms with Crippen molar-refractivity contribution in [2.24, 2.45) is 10.9 Å². The molecule has 0 spiro atoms. The van der Waals surface area contributed by atoms with Crippen molar-refractivity contribution in [3.05, 3.63) is 71.1 Å². The predicted molar refractivity (Wildman–Crippen MR) is 117 cm³/mol. The Hall–Kier alpha value is -1.45. The van der Waals surface area contributed by atoms with E-state index >= 15 is 0 Å². The zero-order chi connectivity index (χ0) is 17.8. The maximum absolute atomic E-state index is 5.04. The van der Waals surface area contributed by atoms with Crippen molar-refractivity contribution in [3.8, 4) is 0 Å². The van der Waals surface area contributed by atoms with Crippen LogP contribution in [-0.4, -0.2) is 10.3 Å². The fourth-order valence-corrected chi connectivity index (χ4v) is 6.05. The second-order valence-corrected chi connectivity index (χ2v) is 9.40. The van der Waals surface area contributed by atoms with Gasteiger partial charge in [0.15, 0.2) is 0 Å². The van der Waals surface area contributed by atoms with Crippen LogP contribution in [0.1, 0.15) is 37.7 Å². The van der Waals surface area contributed by atoms with Gasteiger partial charge in [0.25, 0.3) is 0 Å². The van der Waals surface area contributed by atoms with E-state index in [4.69, 9.17) is 4.99 Å². The van der Waals surface area contributed by atoms with Gasteiger partial charge >= 0.3 is 0 Å². The van der Waals surface area contributed by atoms with Crippen molar-refractivity contribution in [3.63, 3.8) is 0 Å². The van der Waals surface area contributed by atoms with Crippen LogP contribution in [0.25, 0.3) is 0 Å². The summed E-state index contributed by atoms with van der Waals surface area (Å²) in [6.07, 6.45) is 6.68. The Bertz CT molecular complexity index is 793. The first kappa shape index (κ1) is 17.9. The normalized spacial score (nSPS) is 26.0. The molecule has 0 amide bonds. The lowest BCUT2D eigenvalue weighted by Gasteiger charge is -2.36. The number of fused-ring (bicyclic) bond motifs is 1. The second kappa shape index (κ2) is 8.49. The van der Waals surface area contributed by atoms with E-state index < -0.39 is 0 Å². The number of thioether (sulfide) groups is 2. The molecule has 2 fully saturated rings. The van der Waals surface area contributed by atoms with Crippen molar-refractivity contribution in [1.82, 2.24) is 0 Å². The Kier molecular flexibility index (Phi) is 5.86. The molecule has 2 unspecified atom stereocenters. The standard InChI is InChI=1S/C23H25NS2/c1-17-11-13-20(14-12-17)24-23-19(16-25-21-8-3-2-4-9-21)15-18-7-5-6-10-22(18)26-23/h2-4,8-9,11-14,16,18,22H,5-7,10,15H2,1H3. The third-order valence-corrected chi connectivity index (χ3v) is 7.65. The van der Waals surface area contributed by atoms with Crippen LogP contribution in [0.4, 0.5) is 5.69 Å². The molecular formula is C23H25NS2. The molecule has 26 heavy (non-hydrogen) atoms. The van der Waals surface area contributed by atoms with E-state index in [1.54, 1.807) is 0 Å². The molecule has 3 heteroatoms. The molecule has 1 aliphatic heterocycles. The first-order valence-electron chi connectivity index (χ1n) is 9.51. The molecule has 4 rings (SSSR count). The van der Waals surface area contributed by atoms with Crippen LogP contribution in [0.15, 0.2) is 75.5 Å². The van der Waals surface area contributed by atoms with Crippen molar-refractivity contribution in [2.75, 3.05) is 0 Å². The monoisotopic (exact) mass is 379 g/mol. The van der Waals surface area contributed by atoms with E-state index in [0.717, 1.165) is 16.9 Å². The highest BCUT2D eigenvalue weighted by atomic mass is 32.2. The van der Waals surface area contributed by atoms with Crippen molar-refractivity contribution in [2.45, 2.75) is 49.2 Å². The maximum atomic E-state index is 5.04. The molecule has 2 aromatic carbocycles. The van der Waals surface area contributed by atoms with E-state index in [9.17, 15) is 0 Å². The van der Waals surface area contributed by atoms with Gasteiger partial charge in [-0.25, -0.2) is 4.99 Å². The van der Waals surface area contributed by atoms with Crippen molar-refractivity contribution in [1.29, 1.82) is 0 Å². The van der Waals surface area contributed by atoms with Crippen LogP contribution in [-0.2, 0) is 0 Å². The lowest BCUT2D eigenvalue weighted by molar-refractivity contribution is 0.369. The molecule has 2 aromatic rings. The fraction of sp³-hybridized carbons (Fsp3) is 0.348. The van der Waals surface area contributed by atoms with Gasteiger partial charge in [-0.3, -0.25) is 0 Å². The van der Waals surface area contributed by atoms with Gasteiger partial charge in [-0.15, -0.1) is 11.8 Å². The minimum absolute atomic E-state index is 0.756. The Labute approximate surface area is 165 Å². The molecule has 1 saturated carbocycles. The smallest absolute Gasteiger partial charge is 0.101 e. The summed E-state index contributed by atoms with van der Waals surface area (Å²) in [6, 6.07) is 19.2. The van der Waals surface area contributed by atoms with Gasteiger partial charge in [0, 0.05) is 10.1 Å². The summed E-state index contributed by atoms with van der Waals surface area (Å²) in [7, 11) is 0. The first-order valence-corrected chi connectivity index (χ1v) is 11.3. The highest BCUT2D eigenvalue weighted by Gasteiger charge is 2.33. The SMILES string of the molecule is Cc1ccc(N=C2SC3CCCCC3CC2=CSc2ccccc2)cc1. The maximum Gasteiger partial charge on any atom is 0.101 e. The Morgan fingerprint density at radius 2 is 1.77 bits per heavy atom. The highest BCUT2D eigenvalue weighted by molar-refractivity contribution is 8.15. The van der Waals surface area contributed by atoms with Crippen LogP contribution in [0.5, 0.6) is 0 Å². The van der Waals surface area contributed by atoms with E-state index in [1.165, 1.54) is 53.2 Å². The molecule has 1 saturated heterocycles. The van der Waals surface area contributed by atoms with E-state index in [0.29, 0.717) is 0 Å². The average molecular weight is 380 g/mol. The molecule has 0 N–H and O–H groups in total. The minimum Gasteiger partial charge on any atom is -0.242 e. The number of rotatable bonds is 3. The van der Waals surface area contributed by atoms with Crippen LogP contribution in [0.3, 0.4) is 0 Å². The molecule has 1 nitrogen and oxygen atoms in total. The molecule has 2 aliphatic rings. The quantitative estimate of drug-likeness (QED) is 0.515. The minimum atomic E-state index is 0.756. The summed E-state index contributed by atoms with van der Waals surface area (Å²) < 4.78 is 0.